The smallest absolute Gasteiger partial charge is 0.114 e. The molecule has 0 amide bonds. The summed E-state index contributed by atoms with van der Waals surface area (Å²) in [5.41, 5.74) is 0. The quantitative estimate of drug-likeness (QED) is 0.601. The van der Waals surface area contributed by atoms with Crippen molar-refractivity contribution in [3.05, 3.63) is 0 Å². The van der Waals surface area contributed by atoms with Crippen LogP contribution in [0.1, 0.15) is 33.6 Å². The van der Waals surface area contributed by atoms with Crippen LogP contribution in [0.5, 0.6) is 0 Å². The maximum absolute atomic E-state index is 12.5. The van der Waals surface area contributed by atoms with Gasteiger partial charge in [-0.25, -0.2) is 4.39 Å². The van der Waals surface area contributed by atoms with E-state index < -0.39 is 6.17 Å². The van der Waals surface area contributed by atoms with E-state index in [0.29, 0.717) is 6.54 Å². The van der Waals surface area contributed by atoms with Crippen LogP contribution < -0.4 is 0 Å². The molecule has 0 saturated carbocycles. The van der Waals surface area contributed by atoms with Crippen molar-refractivity contribution in [2.45, 2.75) is 39.8 Å². The van der Waals surface area contributed by atoms with Gasteiger partial charge in [-0.05, 0) is 19.4 Å². The van der Waals surface area contributed by atoms with Gasteiger partial charge in [-0.3, -0.25) is 0 Å². The van der Waals surface area contributed by atoms with Crippen molar-refractivity contribution in [1.29, 1.82) is 0 Å². The molecule has 1 atom stereocenters. The average Bonchev–Trinajstić information content (AvgIpc) is 2.41. The van der Waals surface area contributed by atoms with E-state index in [0.717, 1.165) is 25.9 Å². The van der Waals surface area contributed by atoms with Crippen LogP contribution in [0.3, 0.4) is 0 Å². The maximum Gasteiger partial charge on any atom is 0.114 e. The Balaban J connectivity index is 0.000000461. The molecule has 68 valence electrons. The van der Waals surface area contributed by atoms with Gasteiger partial charge in [-0.15, -0.1) is 0 Å². The molecule has 1 rings (SSSR count). The zero-order valence-corrected chi connectivity index (χ0v) is 7.94. The highest BCUT2D eigenvalue weighted by Gasteiger charge is 2.19. The predicted octanol–water partition coefficient (Wildman–Crippen LogP) is 2.47. The highest BCUT2D eigenvalue weighted by molar-refractivity contribution is 4.73. The molecule has 1 nitrogen and oxygen atoms in total. The fourth-order valence-corrected chi connectivity index (χ4v) is 1.30. The van der Waals surface area contributed by atoms with E-state index in [4.69, 9.17) is 0 Å². The number of likely N-dealkylation sites (tertiary alicyclic amines) is 1. The van der Waals surface area contributed by atoms with Crippen molar-refractivity contribution in [3.63, 3.8) is 0 Å². The minimum atomic E-state index is -0.545. The number of hydrogen-bond acceptors (Lipinski definition) is 1. The second-order valence-corrected chi connectivity index (χ2v) is 2.69. The summed E-state index contributed by atoms with van der Waals surface area (Å²) in [5, 5.41) is 0. The topological polar surface area (TPSA) is 3.24 Å². The molecule has 0 radical (unpaired) electrons. The van der Waals surface area contributed by atoms with Crippen molar-refractivity contribution >= 4 is 0 Å². The maximum atomic E-state index is 12.5. The van der Waals surface area contributed by atoms with Crippen LogP contribution in [-0.2, 0) is 0 Å². The van der Waals surface area contributed by atoms with Gasteiger partial charge in [0, 0.05) is 13.1 Å². The predicted molar refractivity (Wildman–Crippen MR) is 47.6 cm³/mol. The molecule has 1 saturated heterocycles. The van der Waals surface area contributed by atoms with Gasteiger partial charge in [0.25, 0.3) is 0 Å². The lowest BCUT2D eigenvalue weighted by Crippen LogP contribution is -2.21. The first-order valence-corrected chi connectivity index (χ1v) is 4.69. The summed E-state index contributed by atoms with van der Waals surface area (Å²) in [5.74, 6) is 0. The Bertz CT molecular complexity index is 83.6. The van der Waals surface area contributed by atoms with Crippen LogP contribution in [0, 0.1) is 0 Å². The minimum absolute atomic E-state index is 0.545. The highest BCUT2D eigenvalue weighted by atomic mass is 19.1. The molecule has 0 bridgehead atoms. The van der Waals surface area contributed by atoms with E-state index in [9.17, 15) is 4.39 Å². The van der Waals surface area contributed by atoms with Crippen molar-refractivity contribution in [3.8, 4) is 0 Å². The number of nitrogens with zero attached hydrogens (tertiary/aromatic N) is 1. The van der Waals surface area contributed by atoms with Gasteiger partial charge in [-0.2, -0.15) is 0 Å². The number of rotatable bonds is 2. The number of hydrogen-bond donors (Lipinski definition) is 0. The molecular weight excluding hydrogens is 141 g/mol. The molecule has 1 unspecified atom stereocenters. The van der Waals surface area contributed by atoms with Gasteiger partial charge < -0.3 is 4.90 Å². The molecular formula is C9H20FN. The molecule has 2 heteroatoms. The molecule has 0 aromatic heterocycles. The third-order valence-electron chi connectivity index (χ3n) is 1.75. The second kappa shape index (κ2) is 6.59. The van der Waals surface area contributed by atoms with Crippen LogP contribution in [0.2, 0.25) is 0 Å². The highest BCUT2D eigenvalue weighted by Crippen LogP contribution is 2.11. The molecule has 1 aliphatic heterocycles. The number of alkyl halides is 1. The van der Waals surface area contributed by atoms with Crippen LogP contribution >= 0.6 is 0 Å². The molecule has 0 aromatic rings. The van der Waals surface area contributed by atoms with Crippen molar-refractivity contribution < 1.29 is 4.39 Å². The standard InChI is InChI=1S/C7H14FN.C2H6/c1-2-4-9-5-3-7(8)6-9;1-2/h7H,2-6H2,1H3;1-2H3. The Morgan fingerprint density at radius 2 is 2.09 bits per heavy atom. The number of halogens is 1. The normalized spacial score (nSPS) is 24.5. The Kier molecular flexibility index (Phi) is 6.52. The molecule has 0 N–H and O–H groups in total. The van der Waals surface area contributed by atoms with E-state index in [1.807, 2.05) is 13.8 Å². The molecule has 11 heavy (non-hydrogen) atoms. The molecule has 0 aliphatic carbocycles. The minimum Gasteiger partial charge on any atom is -0.300 e. The lowest BCUT2D eigenvalue weighted by molar-refractivity contribution is 0.288. The van der Waals surface area contributed by atoms with E-state index in [1.54, 1.807) is 0 Å². The molecule has 1 aliphatic rings. The van der Waals surface area contributed by atoms with Crippen molar-refractivity contribution in [2.24, 2.45) is 0 Å². The molecule has 0 aromatic carbocycles. The van der Waals surface area contributed by atoms with E-state index in [-0.39, 0.29) is 0 Å². The summed E-state index contributed by atoms with van der Waals surface area (Å²) >= 11 is 0. The van der Waals surface area contributed by atoms with Crippen molar-refractivity contribution in [2.75, 3.05) is 19.6 Å². The summed E-state index contributed by atoms with van der Waals surface area (Å²) in [6, 6.07) is 0. The Hall–Kier alpha value is -0.110. The van der Waals surface area contributed by atoms with E-state index in [1.165, 1.54) is 0 Å². The van der Waals surface area contributed by atoms with Gasteiger partial charge in [0.05, 0.1) is 0 Å². The third-order valence-corrected chi connectivity index (χ3v) is 1.75. The summed E-state index contributed by atoms with van der Waals surface area (Å²) in [7, 11) is 0. The summed E-state index contributed by atoms with van der Waals surface area (Å²) in [6.07, 6.45) is 1.35. The van der Waals surface area contributed by atoms with E-state index in [2.05, 4.69) is 11.8 Å². The van der Waals surface area contributed by atoms with Crippen molar-refractivity contribution in [1.82, 2.24) is 4.90 Å². The van der Waals surface area contributed by atoms with Gasteiger partial charge in [0.2, 0.25) is 0 Å². The van der Waals surface area contributed by atoms with Crippen LogP contribution in [0.15, 0.2) is 0 Å². The molecule has 0 spiro atoms. The average molecular weight is 161 g/mol. The summed E-state index contributed by atoms with van der Waals surface area (Å²) < 4.78 is 12.5. The lowest BCUT2D eigenvalue weighted by atomic mass is 10.3. The largest absolute Gasteiger partial charge is 0.300 e. The first-order chi connectivity index (χ1) is 5.33. The summed E-state index contributed by atoms with van der Waals surface area (Å²) in [6.45, 7) is 8.84. The zero-order chi connectivity index (χ0) is 8.69. The summed E-state index contributed by atoms with van der Waals surface area (Å²) in [4.78, 5) is 2.19. The molecule has 1 fully saturated rings. The van der Waals surface area contributed by atoms with Crippen LogP contribution in [-0.4, -0.2) is 30.7 Å². The Morgan fingerprint density at radius 1 is 1.45 bits per heavy atom. The van der Waals surface area contributed by atoms with Gasteiger partial charge in [-0.1, -0.05) is 20.8 Å². The third kappa shape index (κ3) is 4.35. The zero-order valence-electron chi connectivity index (χ0n) is 7.94. The van der Waals surface area contributed by atoms with Gasteiger partial charge in [0.1, 0.15) is 6.17 Å². The first-order valence-electron chi connectivity index (χ1n) is 4.69. The first kappa shape index (κ1) is 10.9. The van der Waals surface area contributed by atoms with Crippen LogP contribution in [0.4, 0.5) is 4.39 Å². The second-order valence-electron chi connectivity index (χ2n) is 2.69. The Morgan fingerprint density at radius 3 is 2.45 bits per heavy atom. The fraction of sp³-hybridized carbons (Fsp3) is 1.00. The SMILES string of the molecule is CC.CCCN1CCC(F)C1. The fourth-order valence-electron chi connectivity index (χ4n) is 1.30. The monoisotopic (exact) mass is 161 g/mol. The lowest BCUT2D eigenvalue weighted by Gasteiger charge is -2.11. The van der Waals surface area contributed by atoms with E-state index >= 15 is 0 Å². The van der Waals surface area contributed by atoms with Gasteiger partial charge >= 0.3 is 0 Å². The van der Waals surface area contributed by atoms with Crippen LogP contribution in [0.25, 0.3) is 0 Å². The Labute approximate surface area is 69.6 Å². The van der Waals surface area contributed by atoms with Gasteiger partial charge in [0.15, 0.2) is 0 Å². The molecule has 1 heterocycles.